The standard InChI is InChI=1S/C27H31NO4/c1-29-24-7-6-22(20-25(24)32-23-4-2-3-5-23)26(11-8-21-9-16-28-17-10-21)12-14-27(15-13-26)30-18-19-31-27/h6-7,9-10,16-17,20,23H,2-5,12-15,18-19H2,1H3. The fourth-order valence-electron chi connectivity index (χ4n) is 5.21. The molecule has 32 heavy (non-hydrogen) atoms. The van der Waals surface area contributed by atoms with Crippen molar-refractivity contribution >= 4 is 0 Å². The number of nitrogens with zero attached hydrogens (tertiary/aromatic N) is 1. The highest BCUT2D eigenvalue weighted by Gasteiger charge is 2.46. The molecule has 0 unspecified atom stereocenters. The first-order valence-corrected chi connectivity index (χ1v) is 11.8. The molecule has 3 aliphatic rings. The van der Waals surface area contributed by atoms with Gasteiger partial charge in [-0.1, -0.05) is 17.9 Å². The van der Waals surface area contributed by atoms with Crippen LogP contribution in [0, 0.1) is 11.8 Å². The van der Waals surface area contributed by atoms with Crippen LogP contribution in [-0.4, -0.2) is 37.2 Å². The summed E-state index contributed by atoms with van der Waals surface area (Å²) in [5, 5.41) is 0. The maximum atomic E-state index is 6.40. The SMILES string of the molecule is COc1ccc(C2(C#Cc3ccncc3)CCC3(CC2)OCCO3)cc1OC1CCCC1. The molecule has 168 valence electrons. The van der Waals surface area contributed by atoms with Crippen LogP contribution in [0.4, 0.5) is 0 Å². The van der Waals surface area contributed by atoms with E-state index in [1.54, 1.807) is 19.5 Å². The van der Waals surface area contributed by atoms with E-state index in [4.69, 9.17) is 18.9 Å². The van der Waals surface area contributed by atoms with Gasteiger partial charge in [-0.2, -0.15) is 0 Å². The van der Waals surface area contributed by atoms with Gasteiger partial charge in [0, 0.05) is 30.8 Å². The Labute approximate surface area is 190 Å². The molecule has 0 amide bonds. The summed E-state index contributed by atoms with van der Waals surface area (Å²) < 4.78 is 24.0. The van der Waals surface area contributed by atoms with E-state index in [0.29, 0.717) is 13.2 Å². The average Bonchev–Trinajstić information content (AvgIpc) is 3.52. The molecule has 1 saturated heterocycles. The van der Waals surface area contributed by atoms with Gasteiger partial charge >= 0.3 is 0 Å². The third kappa shape index (κ3) is 4.35. The summed E-state index contributed by atoms with van der Waals surface area (Å²) in [4.78, 5) is 4.11. The number of ether oxygens (including phenoxy) is 4. The molecule has 5 heteroatoms. The Kier molecular flexibility index (Phi) is 6.08. The Balaban J connectivity index is 1.49. The number of benzene rings is 1. The summed E-state index contributed by atoms with van der Waals surface area (Å²) in [5.41, 5.74) is 1.87. The predicted molar refractivity (Wildman–Crippen MR) is 122 cm³/mol. The average molecular weight is 434 g/mol. The van der Waals surface area contributed by atoms with Gasteiger partial charge in [0.2, 0.25) is 0 Å². The van der Waals surface area contributed by atoms with E-state index in [-0.39, 0.29) is 11.5 Å². The molecule has 1 aromatic carbocycles. The number of methoxy groups -OCH3 is 1. The molecular weight excluding hydrogens is 402 g/mol. The highest BCUT2D eigenvalue weighted by molar-refractivity contribution is 5.49. The highest BCUT2D eigenvalue weighted by atomic mass is 16.7. The smallest absolute Gasteiger partial charge is 0.168 e. The van der Waals surface area contributed by atoms with Gasteiger partial charge in [-0.25, -0.2) is 0 Å². The van der Waals surface area contributed by atoms with Crippen LogP contribution in [0.15, 0.2) is 42.7 Å². The number of rotatable bonds is 4. The lowest BCUT2D eigenvalue weighted by atomic mass is 9.68. The third-order valence-corrected chi connectivity index (χ3v) is 7.12. The second-order valence-electron chi connectivity index (χ2n) is 9.07. The lowest BCUT2D eigenvalue weighted by Gasteiger charge is -2.41. The molecule has 1 aliphatic heterocycles. The number of hydrogen-bond acceptors (Lipinski definition) is 5. The maximum absolute atomic E-state index is 6.40. The van der Waals surface area contributed by atoms with E-state index in [9.17, 15) is 0 Å². The van der Waals surface area contributed by atoms with Crippen LogP contribution >= 0.6 is 0 Å². The first-order chi connectivity index (χ1) is 15.7. The molecule has 0 N–H and O–H groups in total. The lowest BCUT2D eigenvalue weighted by molar-refractivity contribution is -0.182. The van der Waals surface area contributed by atoms with Gasteiger partial charge in [-0.15, -0.1) is 0 Å². The van der Waals surface area contributed by atoms with Crippen LogP contribution in [0.3, 0.4) is 0 Å². The molecule has 0 radical (unpaired) electrons. The van der Waals surface area contributed by atoms with Crippen molar-refractivity contribution in [3.8, 4) is 23.3 Å². The van der Waals surface area contributed by atoms with Crippen molar-refractivity contribution in [2.75, 3.05) is 20.3 Å². The van der Waals surface area contributed by atoms with Gasteiger partial charge in [-0.05, 0) is 68.4 Å². The summed E-state index contributed by atoms with van der Waals surface area (Å²) in [6.07, 6.45) is 11.9. The second-order valence-corrected chi connectivity index (χ2v) is 9.07. The van der Waals surface area contributed by atoms with Crippen molar-refractivity contribution in [2.45, 2.75) is 68.7 Å². The Morgan fingerprint density at radius 2 is 1.66 bits per heavy atom. The zero-order valence-electron chi connectivity index (χ0n) is 18.8. The van der Waals surface area contributed by atoms with Gasteiger partial charge in [0.1, 0.15) is 0 Å². The second kappa shape index (κ2) is 9.13. The molecule has 3 fully saturated rings. The summed E-state index contributed by atoms with van der Waals surface area (Å²) in [5.74, 6) is 8.24. The van der Waals surface area contributed by atoms with E-state index >= 15 is 0 Å². The number of hydrogen-bond donors (Lipinski definition) is 0. The molecule has 2 saturated carbocycles. The zero-order chi connectivity index (χ0) is 21.9. The third-order valence-electron chi connectivity index (χ3n) is 7.12. The van der Waals surface area contributed by atoms with Crippen LogP contribution in [-0.2, 0) is 14.9 Å². The normalized spacial score (nSPS) is 21.8. The first kappa shape index (κ1) is 21.3. The molecule has 0 bridgehead atoms. The first-order valence-electron chi connectivity index (χ1n) is 11.8. The molecule has 5 nitrogen and oxygen atoms in total. The Bertz CT molecular complexity index is 972. The topological polar surface area (TPSA) is 49.8 Å². The van der Waals surface area contributed by atoms with E-state index in [2.05, 4.69) is 29.0 Å². The van der Waals surface area contributed by atoms with Gasteiger partial charge in [0.15, 0.2) is 17.3 Å². The molecule has 5 rings (SSSR count). The van der Waals surface area contributed by atoms with E-state index in [1.165, 1.54) is 18.4 Å². The Hall–Kier alpha value is -2.55. The predicted octanol–water partition coefficient (Wildman–Crippen LogP) is 5.02. The lowest BCUT2D eigenvalue weighted by Crippen LogP contribution is -2.41. The molecule has 0 atom stereocenters. The summed E-state index contributed by atoms with van der Waals surface area (Å²) in [6.45, 7) is 1.36. The van der Waals surface area contributed by atoms with Crippen LogP contribution < -0.4 is 9.47 Å². The summed E-state index contributed by atoms with van der Waals surface area (Å²) in [6, 6.07) is 10.2. The van der Waals surface area contributed by atoms with E-state index in [0.717, 1.165) is 55.6 Å². The van der Waals surface area contributed by atoms with Crippen LogP contribution in [0.1, 0.15) is 62.5 Å². The van der Waals surface area contributed by atoms with Gasteiger partial charge in [-0.3, -0.25) is 4.98 Å². The minimum absolute atomic E-state index is 0.271. The Morgan fingerprint density at radius 3 is 2.34 bits per heavy atom. The molecule has 1 aromatic heterocycles. The molecular formula is C27H31NO4. The van der Waals surface area contributed by atoms with Crippen molar-refractivity contribution in [3.05, 3.63) is 53.9 Å². The molecule has 2 aliphatic carbocycles. The van der Waals surface area contributed by atoms with Gasteiger partial charge in [0.05, 0.1) is 31.8 Å². The van der Waals surface area contributed by atoms with E-state index in [1.807, 2.05) is 18.2 Å². The minimum Gasteiger partial charge on any atom is -0.493 e. The van der Waals surface area contributed by atoms with Crippen molar-refractivity contribution in [2.24, 2.45) is 0 Å². The van der Waals surface area contributed by atoms with E-state index < -0.39 is 5.79 Å². The Morgan fingerprint density at radius 1 is 0.938 bits per heavy atom. The van der Waals surface area contributed by atoms with Crippen molar-refractivity contribution in [3.63, 3.8) is 0 Å². The molecule has 2 aromatic rings. The fraction of sp³-hybridized carbons (Fsp3) is 0.519. The summed E-state index contributed by atoms with van der Waals surface area (Å²) >= 11 is 0. The summed E-state index contributed by atoms with van der Waals surface area (Å²) in [7, 11) is 1.70. The molecule has 2 heterocycles. The largest absolute Gasteiger partial charge is 0.493 e. The minimum atomic E-state index is -0.433. The quantitative estimate of drug-likeness (QED) is 0.634. The van der Waals surface area contributed by atoms with Crippen molar-refractivity contribution < 1.29 is 18.9 Å². The molecule has 1 spiro atoms. The monoisotopic (exact) mass is 433 g/mol. The van der Waals surface area contributed by atoms with Crippen molar-refractivity contribution in [1.29, 1.82) is 0 Å². The maximum Gasteiger partial charge on any atom is 0.168 e. The van der Waals surface area contributed by atoms with Crippen LogP contribution in [0.25, 0.3) is 0 Å². The zero-order valence-corrected chi connectivity index (χ0v) is 18.8. The highest BCUT2D eigenvalue weighted by Crippen LogP contribution is 2.48. The number of pyridine rings is 1. The van der Waals surface area contributed by atoms with Gasteiger partial charge < -0.3 is 18.9 Å². The van der Waals surface area contributed by atoms with Crippen LogP contribution in [0.2, 0.25) is 0 Å². The van der Waals surface area contributed by atoms with Gasteiger partial charge in [0.25, 0.3) is 0 Å². The van der Waals surface area contributed by atoms with Crippen molar-refractivity contribution in [1.82, 2.24) is 4.98 Å². The van der Waals surface area contributed by atoms with Crippen LogP contribution in [0.5, 0.6) is 11.5 Å². The number of aromatic nitrogens is 1. The fourth-order valence-corrected chi connectivity index (χ4v) is 5.21.